The van der Waals surface area contributed by atoms with Gasteiger partial charge in [-0.25, -0.2) is 9.59 Å². The molecule has 30 heavy (non-hydrogen) atoms. The van der Waals surface area contributed by atoms with Crippen LogP contribution in [0.25, 0.3) is 0 Å². The van der Waals surface area contributed by atoms with Crippen molar-refractivity contribution in [3.63, 3.8) is 0 Å². The van der Waals surface area contributed by atoms with Crippen LogP contribution in [-0.4, -0.2) is 82.5 Å². The summed E-state index contributed by atoms with van der Waals surface area (Å²) in [4.78, 5) is 40.6. The van der Waals surface area contributed by atoms with E-state index in [2.05, 4.69) is 13.2 Å². The van der Waals surface area contributed by atoms with Gasteiger partial charge in [0.25, 0.3) is 0 Å². The van der Waals surface area contributed by atoms with Crippen LogP contribution < -0.4 is 0 Å². The SMILES string of the molecule is C=CCOC(=O)C1=C(C2C[C@@H](CO)N(C(=O)OCC=C)C2)C[C@@H]2[C@@H]([C@@H](C)O)C(=O)N12. The van der Waals surface area contributed by atoms with Crippen molar-refractivity contribution in [2.75, 3.05) is 26.4 Å². The van der Waals surface area contributed by atoms with E-state index in [1.165, 1.54) is 22.0 Å². The second-order valence-corrected chi connectivity index (χ2v) is 7.79. The maximum absolute atomic E-state index is 12.7. The third-order valence-electron chi connectivity index (χ3n) is 5.97. The Morgan fingerprint density at radius 1 is 1.27 bits per heavy atom. The van der Waals surface area contributed by atoms with E-state index in [-0.39, 0.29) is 49.9 Å². The predicted octanol–water partition coefficient (Wildman–Crippen LogP) is 0.587. The summed E-state index contributed by atoms with van der Waals surface area (Å²) in [6, 6.07) is -0.769. The van der Waals surface area contributed by atoms with E-state index >= 15 is 0 Å². The fourth-order valence-electron chi connectivity index (χ4n) is 4.64. The first-order valence-corrected chi connectivity index (χ1v) is 10.0. The van der Waals surface area contributed by atoms with E-state index in [4.69, 9.17) is 9.47 Å². The van der Waals surface area contributed by atoms with Crippen LogP contribution in [0.4, 0.5) is 4.79 Å². The highest BCUT2D eigenvalue weighted by Gasteiger charge is 2.58. The molecular weight excluding hydrogens is 392 g/mol. The van der Waals surface area contributed by atoms with Crippen LogP contribution in [0.15, 0.2) is 36.6 Å². The monoisotopic (exact) mass is 420 g/mol. The Hall–Kier alpha value is -2.65. The first kappa shape index (κ1) is 22.0. The quantitative estimate of drug-likeness (QED) is 0.335. The zero-order valence-electron chi connectivity index (χ0n) is 17.0. The first-order chi connectivity index (χ1) is 14.3. The Bertz CT molecular complexity index is 775. The molecule has 3 heterocycles. The lowest BCUT2D eigenvalue weighted by Crippen LogP contribution is -2.61. The van der Waals surface area contributed by atoms with Gasteiger partial charge in [-0.15, -0.1) is 0 Å². The Morgan fingerprint density at radius 2 is 1.93 bits per heavy atom. The smallest absolute Gasteiger partial charge is 0.410 e. The van der Waals surface area contributed by atoms with Crippen molar-refractivity contribution in [1.82, 2.24) is 9.80 Å². The normalized spacial score (nSPS) is 28.7. The molecule has 0 bridgehead atoms. The fraction of sp³-hybridized carbons (Fsp3) is 0.571. The molecule has 164 valence electrons. The van der Waals surface area contributed by atoms with Crippen LogP contribution >= 0.6 is 0 Å². The highest BCUT2D eigenvalue weighted by molar-refractivity contribution is 6.00. The molecule has 0 aliphatic carbocycles. The van der Waals surface area contributed by atoms with Crippen molar-refractivity contribution >= 4 is 18.0 Å². The predicted molar refractivity (Wildman–Crippen MR) is 106 cm³/mol. The number of hydrogen-bond acceptors (Lipinski definition) is 7. The summed E-state index contributed by atoms with van der Waals surface area (Å²) in [6.45, 7) is 8.67. The van der Waals surface area contributed by atoms with Gasteiger partial charge in [-0.1, -0.05) is 25.3 Å². The number of fused-ring (bicyclic) bond motifs is 1. The molecule has 2 N–H and O–H groups in total. The topological polar surface area (TPSA) is 117 Å². The number of β-lactam (4-membered cyclic amide) rings is 1. The molecule has 2 amide bonds. The molecule has 2 fully saturated rings. The molecule has 3 aliphatic heterocycles. The average molecular weight is 420 g/mol. The molecule has 9 heteroatoms. The number of esters is 1. The van der Waals surface area contributed by atoms with Gasteiger partial charge in [0.2, 0.25) is 5.91 Å². The molecule has 3 aliphatic rings. The van der Waals surface area contributed by atoms with Gasteiger partial charge in [-0.3, -0.25) is 4.79 Å². The van der Waals surface area contributed by atoms with Gasteiger partial charge < -0.3 is 29.5 Å². The Balaban J connectivity index is 1.87. The van der Waals surface area contributed by atoms with Gasteiger partial charge in [-0.05, 0) is 25.3 Å². The van der Waals surface area contributed by atoms with Gasteiger partial charge in [0.15, 0.2) is 0 Å². The van der Waals surface area contributed by atoms with Gasteiger partial charge in [0.1, 0.15) is 18.9 Å². The molecule has 1 unspecified atom stereocenters. The van der Waals surface area contributed by atoms with Crippen molar-refractivity contribution in [1.29, 1.82) is 0 Å². The Labute approximate surface area is 175 Å². The summed E-state index contributed by atoms with van der Waals surface area (Å²) >= 11 is 0. The lowest BCUT2D eigenvalue weighted by molar-refractivity contribution is -0.162. The lowest BCUT2D eigenvalue weighted by Gasteiger charge is -2.44. The number of nitrogens with zero attached hydrogens (tertiary/aromatic N) is 2. The van der Waals surface area contributed by atoms with E-state index in [1.807, 2.05) is 0 Å². The zero-order chi connectivity index (χ0) is 22.0. The maximum Gasteiger partial charge on any atom is 0.410 e. The number of hydrogen-bond donors (Lipinski definition) is 2. The minimum Gasteiger partial charge on any atom is -0.457 e. The van der Waals surface area contributed by atoms with Gasteiger partial charge in [-0.2, -0.15) is 0 Å². The molecule has 0 radical (unpaired) electrons. The standard InChI is InChI=1S/C21H28N2O7/c1-4-6-29-20(27)18-15(9-16-17(12(3)25)19(26)23(16)18)13-8-14(11-24)22(10-13)21(28)30-7-5-2/h4-5,12-14,16-17,24-25H,1-2,6-11H2,3H3/t12-,13?,14+,16-,17-/m1/s1. The number of carbonyl (C=O) groups excluding carboxylic acids is 3. The van der Waals surface area contributed by atoms with Crippen LogP contribution in [-0.2, 0) is 19.1 Å². The maximum atomic E-state index is 12.7. The van der Waals surface area contributed by atoms with Crippen molar-refractivity contribution in [3.8, 4) is 0 Å². The zero-order valence-corrected chi connectivity index (χ0v) is 17.0. The molecular formula is C21H28N2O7. The Morgan fingerprint density at radius 3 is 2.53 bits per heavy atom. The van der Waals surface area contributed by atoms with E-state index in [0.717, 1.165) is 0 Å². The number of amides is 2. The minimum absolute atomic E-state index is 0.00603. The largest absolute Gasteiger partial charge is 0.457 e. The number of carbonyl (C=O) groups is 3. The third kappa shape index (κ3) is 3.75. The van der Waals surface area contributed by atoms with Gasteiger partial charge in [0.05, 0.1) is 30.7 Å². The molecule has 5 atom stereocenters. The number of ether oxygens (including phenoxy) is 2. The van der Waals surface area contributed by atoms with Crippen LogP contribution in [0.2, 0.25) is 0 Å². The average Bonchev–Trinajstić information content (AvgIpc) is 3.29. The van der Waals surface area contributed by atoms with E-state index < -0.39 is 30.1 Å². The summed E-state index contributed by atoms with van der Waals surface area (Å²) in [7, 11) is 0. The molecule has 0 aromatic heterocycles. The summed E-state index contributed by atoms with van der Waals surface area (Å²) in [5.41, 5.74) is 0.898. The number of rotatable bonds is 8. The third-order valence-corrected chi connectivity index (χ3v) is 5.97. The fourth-order valence-corrected chi connectivity index (χ4v) is 4.64. The second-order valence-electron chi connectivity index (χ2n) is 7.79. The number of likely N-dealkylation sites (tertiary alicyclic amines) is 1. The molecule has 2 saturated heterocycles. The molecule has 9 nitrogen and oxygen atoms in total. The molecule has 0 aromatic carbocycles. The van der Waals surface area contributed by atoms with Gasteiger partial charge >= 0.3 is 12.1 Å². The summed E-state index contributed by atoms with van der Waals surface area (Å²) in [5, 5.41) is 19.7. The summed E-state index contributed by atoms with van der Waals surface area (Å²) in [5.74, 6) is -1.75. The highest BCUT2D eigenvalue weighted by atomic mass is 16.6. The van der Waals surface area contributed by atoms with Crippen LogP contribution in [0.5, 0.6) is 0 Å². The molecule has 0 spiro atoms. The van der Waals surface area contributed by atoms with Crippen molar-refractivity contribution in [3.05, 3.63) is 36.6 Å². The summed E-state index contributed by atoms with van der Waals surface area (Å²) in [6.07, 6.45) is 2.35. The van der Waals surface area contributed by atoms with Crippen molar-refractivity contribution < 1.29 is 34.1 Å². The highest BCUT2D eigenvalue weighted by Crippen LogP contribution is 2.48. The van der Waals surface area contributed by atoms with E-state index in [1.54, 1.807) is 6.92 Å². The van der Waals surface area contributed by atoms with Crippen LogP contribution in [0.1, 0.15) is 19.8 Å². The Kier molecular flexibility index (Phi) is 6.62. The lowest BCUT2D eigenvalue weighted by atomic mass is 9.81. The van der Waals surface area contributed by atoms with Gasteiger partial charge in [0, 0.05) is 12.5 Å². The first-order valence-electron chi connectivity index (χ1n) is 10.0. The van der Waals surface area contributed by atoms with Crippen LogP contribution in [0, 0.1) is 11.8 Å². The summed E-state index contributed by atoms with van der Waals surface area (Å²) < 4.78 is 10.3. The molecule has 3 rings (SSSR count). The number of aliphatic hydroxyl groups is 2. The van der Waals surface area contributed by atoms with Crippen molar-refractivity contribution in [2.45, 2.75) is 38.0 Å². The molecule has 0 saturated carbocycles. The number of aliphatic hydroxyl groups excluding tert-OH is 2. The van der Waals surface area contributed by atoms with E-state index in [9.17, 15) is 24.6 Å². The second kappa shape index (κ2) is 9.01. The van der Waals surface area contributed by atoms with E-state index in [0.29, 0.717) is 18.4 Å². The minimum atomic E-state index is -0.831. The van der Waals surface area contributed by atoms with Crippen molar-refractivity contribution in [2.24, 2.45) is 11.8 Å². The van der Waals surface area contributed by atoms with Crippen LogP contribution in [0.3, 0.4) is 0 Å². The molecule has 0 aromatic rings.